The second-order valence-electron chi connectivity index (χ2n) is 7.64. The standard InChI is InChI=1S/C24H24O2/c25-21(19-11-3-1-4-12-19)23-15-7-9-17-24(23,18-10-8-16-23)22(26)20-13-5-2-6-14-20/h1-7,9,11-14H,8,10,15-18H2/t23-,24+. The highest BCUT2D eigenvalue weighted by atomic mass is 16.1. The monoisotopic (exact) mass is 344 g/mol. The van der Waals surface area contributed by atoms with Gasteiger partial charge in [-0.3, -0.25) is 9.59 Å². The van der Waals surface area contributed by atoms with Crippen molar-refractivity contribution in [3.8, 4) is 0 Å². The summed E-state index contributed by atoms with van der Waals surface area (Å²) >= 11 is 0. The largest absolute Gasteiger partial charge is 0.294 e. The van der Waals surface area contributed by atoms with Gasteiger partial charge in [0.05, 0.1) is 10.8 Å². The molecule has 4 rings (SSSR count). The lowest BCUT2D eigenvalue weighted by Crippen LogP contribution is -2.55. The molecule has 132 valence electrons. The van der Waals surface area contributed by atoms with E-state index in [1.165, 1.54) is 0 Å². The molecule has 1 saturated carbocycles. The minimum absolute atomic E-state index is 0.145. The first-order valence-corrected chi connectivity index (χ1v) is 9.54. The van der Waals surface area contributed by atoms with Crippen molar-refractivity contribution in [2.24, 2.45) is 10.8 Å². The van der Waals surface area contributed by atoms with Gasteiger partial charge in [0.2, 0.25) is 0 Å². The molecule has 2 aromatic carbocycles. The van der Waals surface area contributed by atoms with Crippen molar-refractivity contribution >= 4 is 11.6 Å². The van der Waals surface area contributed by atoms with Crippen molar-refractivity contribution in [1.29, 1.82) is 0 Å². The van der Waals surface area contributed by atoms with E-state index in [9.17, 15) is 9.59 Å². The van der Waals surface area contributed by atoms with Gasteiger partial charge in [0.25, 0.3) is 0 Å². The lowest BCUT2D eigenvalue weighted by molar-refractivity contribution is 0.00349. The van der Waals surface area contributed by atoms with E-state index in [1.54, 1.807) is 0 Å². The quantitative estimate of drug-likeness (QED) is 0.530. The topological polar surface area (TPSA) is 34.1 Å². The van der Waals surface area contributed by atoms with E-state index in [1.807, 2.05) is 60.7 Å². The number of fused-ring (bicyclic) bond motifs is 1. The summed E-state index contributed by atoms with van der Waals surface area (Å²) in [5.74, 6) is 0.290. The average Bonchev–Trinajstić information content (AvgIpc) is 2.73. The number of carbonyl (C=O) groups is 2. The van der Waals surface area contributed by atoms with Crippen LogP contribution in [0.5, 0.6) is 0 Å². The molecule has 2 aromatic rings. The third-order valence-electron chi connectivity index (χ3n) is 6.41. The molecule has 0 aliphatic heterocycles. The first kappa shape index (κ1) is 17.0. The molecule has 0 heterocycles. The van der Waals surface area contributed by atoms with Crippen molar-refractivity contribution in [1.82, 2.24) is 0 Å². The Morgan fingerprint density at radius 1 is 0.615 bits per heavy atom. The van der Waals surface area contributed by atoms with Crippen LogP contribution in [0.25, 0.3) is 0 Å². The van der Waals surface area contributed by atoms with Crippen LogP contribution in [0, 0.1) is 10.8 Å². The summed E-state index contributed by atoms with van der Waals surface area (Å²) in [6.45, 7) is 0. The number of hydrogen-bond acceptors (Lipinski definition) is 2. The predicted octanol–water partition coefficient (Wildman–Crippen LogP) is 5.65. The van der Waals surface area contributed by atoms with E-state index in [4.69, 9.17) is 0 Å². The molecule has 0 N–H and O–H groups in total. The zero-order valence-corrected chi connectivity index (χ0v) is 15.0. The van der Waals surface area contributed by atoms with Crippen LogP contribution in [0.2, 0.25) is 0 Å². The van der Waals surface area contributed by atoms with Gasteiger partial charge in [0.15, 0.2) is 11.6 Å². The van der Waals surface area contributed by atoms with Gasteiger partial charge in [0.1, 0.15) is 0 Å². The molecular formula is C24H24O2. The molecule has 0 radical (unpaired) electrons. The van der Waals surface area contributed by atoms with E-state index in [-0.39, 0.29) is 11.6 Å². The summed E-state index contributed by atoms with van der Waals surface area (Å²) in [7, 11) is 0. The van der Waals surface area contributed by atoms with Crippen molar-refractivity contribution in [2.75, 3.05) is 0 Å². The van der Waals surface area contributed by atoms with Crippen molar-refractivity contribution in [3.63, 3.8) is 0 Å². The first-order chi connectivity index (χ1) is 12.7. The lowest BCUT2D eigenvalue weighted by atomic mass is 9.47. The second-order valence-corrected chi connectivity index (χ2v) is 7.64. The summed E-state index contributed by atoms with van der Waals surface area (Å²) in [5.41, 5.74) is 0.229. The molecule has 2 atom stereocenters. The van der Waals surface area contributed by atoms with E-state index in [0.717, 1.165) is 36.8 Å². The summed E-state index contributed by atoms with van der Waals surface area (Å²) in [4.78, 5) is 27.4. The van der Waals surface area contributed by atoms with Gasteiger partial charge in [-0.1, -0.05) is 85.7 Å². The maximum absolute atomic E-state index is 13.7. The van der Waals surface area contributed by atoms with Crippen LogP contribution in [0.3, 0.4) is 0 Å². The second kappa shape index (κ2) is 6.68. The molecule has 2 nitrogen and oxygen atoms in total. The third kappa shape index (κ3) is 2.47. The number of ketones is 2. The average molecular weight is 344 g/mol. The summed E-state index contributed by atoms with van der Waals surface area (Å²) in [6.07, 6.45) is 9.17. The van der Waals surface area contributed by atoms with Crippen LogP contribution in [-0.4, -0.2) is 11.6 Å². The van der Waals surface area contributed by atoms with E-state index in [2.05, 4.69) is 12.2 Å². The van der Waals surface area contributed by atoms with Gasteiger partial charge >= 0.3 is 0 Å². The zero-order chi connectivity index (χ0) is 18.0. The highest BCUT2D eigenvalue weighted by Gasteiger charge is 2.60. The molecule has 0 aromatic heterocycles. The highest BCUT2D eigenvalue weighted by molar-refractivity contribution is 6.09. The summed E-state index contributed by atoms with van der Waals surface area (Å²) in [5, 5.41) is 0. The molecule has 0 saturated heterocycles. The number of rotatable bonds is 4. The molecule has 26 heavy (non-hydrogen) atoms. The number of carbonyl (C=O) groups excluding carboxylic acids is 2. The Balaban J connectivity index is 1.85. The van der Waals surface area contributed by atoms with Gasteiger partial charge in [0, 0.05) is 11.1 Å². The van der Waals surface area contributed by atoms with Crippen LogP contribution in [0.1, 0.15) is 59.2 Å². The van der Waals surface area contributed by atoms with E-state index in [0.29, 0.717) is 12.8 Å². The molecule has 0 amide bonds. The Morgan fingerprint density at radius 3 is 1.38 bits per heavy atom. The van der Waals surface area contributed by atoms with Crippen LogP contribution in [-0.2, 0) is 0 Å². The third-order valence-corrected chi connectivity index (χ3v) is 6.41. The van der Waals surface area contributed by atoms with Gasteiger partial charge in [-0.05, 0) is 25.7 Å². The Bertz CT molecular complexity index is 766. The number of Topliss-reactive ketones (excluding diaryl/α,β-unsaturated/α-hetero) is 2. The smallest absolute Gasteiger partial charge is 0.170 e. The molecule has 2 aliphatic rings. The van der Waals surface area contributed by atoms with Gasteiger partial charge in [-0.2, -0.15) is 0 Å². The first-order valence-electron chi connectivity index (χ1n) is 9.54. The Morgan fingerprint density at radius 2 is 1.00 bits per heavy atom. The molecule has 1 fully saturated rings. The maximum atomic E-state index is 13.7. The molecule has 2 heteroatoms. The van der Waals surface area contributed by atoms with Crippen molar-refractivity contribution in [2.45, 2.75) is 38.5 Å². The minimum Gasteiger partial charge on any atom is -0.294 e. The SMILES string of the molecule is O=C(c1ccccc1)[C@@]12CC=CC[C@]1(C(=O)c1ccccc1)CCCC2. The zero-order valence-electron chi connectivity index (χ0n) is 15.0. The van der Waals surface area contributed by atoms with Crippen LogP contribution < -0.4 is 0 Å². The number of allylic oxidation sites excluding steroid dienone is 2. The van der Waals surface area contributed by atoms with Crippen LogP contribution >= 0.6 is 0 Å². The molecular weight excluding hydrogens is 320 g/mol. The maximum Gasteiger partial charge on any atom is 0.170 e. The molecule has 0 unspecified atom stereocenters. The van der Waals surface area contributed by atoms with Gasteiger partial charge in [-0.25, -0.2) is 0 Å². The van der Waals surface area contributed by atoms with Crippen LogP contribution in [0.4, 0.5) is 0 Å². The number of hydrogen-bond donors (Lipinski definition) is 0. The Hall–Kier alpha value is -2.48. The normalized spacial score (nSPS) is 27.5. The van der Waals surface area contributed by atoms with E-state index >= 15 is 0 Å². The highest BCUT2D eigenvalue weighted by Crippen LogP contribution is 2.60. The Labute approximate surface area is 154 Å². The fourth-order valence-electron chi connectivity index (χ4n) is 5.07. The van der Waals surface area contributed by atoms with Crippen LogP contribution in [0.15, 0.2) is 72.8 Å². The molecule has 0 bridgehead atoms. The lowest BCUT2D eigenvalue weighted by Gasteiger charge is -2.53. The number of benzene rings is 2. The summed E-state index contributed by atoms with van der Waals surface area (Å²) < 4.78 is 0. The minimum atomic E-state index is -0.617. The van der Waals surface area contributed by atoms with E-state index < -0.39 is 10.8 Å². The summed E-state index contributed by atoms with van der Waals surface area (Å²) in [6, 6.07) is 19.1. The molecule has 2 aliphatic carbocycles. The fraction of sp³-hybridized carbons (Fsp3) is 0.333. The molecule has 0 spiro atoms. The van der Waals surface area contributed by atoms with Crippen molar-refractivity contribution in [3.05, 3.63) is 83.9 Å². The van der Waals surface area contributed by atoms with Crippen molar-refractivity contribution < 1.29 is 9.59 Å². The predicted molar refractivity (Wildman–Crippen MR) is 103 cm³/mol. The fourth-order valence-corrected chi connectivity index (χ4v) is 5.07. The Kier molecular flexibility index (Phi) is 4.36. The van der Waals surface area contributed by atoms with Gasteiger partial charge in [-0.15, -0.1) is 0 Å². The van der Waals surface area contributed by atoms with Gasteiger partial charge < -0.3 is 0 Å².